The van der Waals surface area contributed by atoms with Gasteiger partial charge in [0.25, 0.3) is 0 Å². The van der Waals surface area contributed by atoms with Crippen LogP contribution < -0.4 is 10.1 Å². The summed E-state index contributed by atoms with van der Waals surface area (Å²) in [6.07, 6.45) is 1.64. The largest absolute Gasteiger partial charge is 0.494 e. The van der Waals surface area contributed by atoms with E-state index in [1.165, 1.54) is 0 Å². The zero-order chi connectivity index (χ0) is 21.9. The van der Waals surface area contributed by atoms with Crippen molar-refractivity contribution in [2.45, 2.75) is 45.7 Å². The predicted molar refractivity (Wildman–Crippen MR) is 121 cm³/mol. The number of benzene rings is 2. The molecule has 7 heteroatoms. The van der Waals surface area contributed by atoms with Crippen LogP contribution in [-0.4, -0.2) is 35.9 Å². The van der Waals surface area contributed by atoms with Crippen molar-refractivity contribution in [3.8, 4) is 5.75 Å². The summed E-state index contributed by atoms with van der Waals surface area (Å²) in [6.45, 7) is 4.93. The Kier molecular flexibility index (Phi) is 9.98. The van der Waals surface area contributed by atoms with Crippen LogP contribution in [0, 0.1) is 0 Å². The Hall–Kier alpha value is -2.24. The standard InChI is InChI=1S/C23H28Cl2N2O3/c1-3-13-26-23(29)17(2)27(16-18-11-12-19(24)15-21(18)25)22(28)10-7-14-30-20-8-5-4-6-9-20/h4-6,8-9,11-12,15,17H,3,7,10,13-14,16H2,1-2H3,(H,26,29)/t17-/m0/s1. The molecule has 0 aliphatic rings. The molecule has 0 unspecified atom stereocenters. The number of carbonyl (C=O) groups excluding carboxylic acids is 2. The van der Waals surface area contributed by atoms with Crippen LogP contribution in [0.25, 0.3) is 0 Å². The van der Waals surface area contributed by atoms with Gasteiger partial charge in [-0.3, -0.25) is 9.59 Å². The van der Waals surface area contributed by atoms with E-state index in [1.54, 1.807) is 30.0 Å². The smallest absolute Gasteiger partial charge is 0.242 e. The lowest BCUT2D eigenvalue weighted by molar-refractivity contribution is -0.140. The summed E-state index contributed by atoms with van der Waals surface area (Å²) in [5.41, 5.74) is 0.741. The molecule has 0 aliphatic heterocycles. The molecular formula is C23H28Cl2N2O3. The number of nitrogens with zero attached hydrogens (tertiary/aromatic N) is 1. The Labute approximate surface area is 188 Å². The van der Waals surface area contributed by atoms with Crippen LogP contribution in [0.15, 0.2) is 48.5 Å². The predicted octanol–water partition coefficient (Wildman–Crippen LogP) is 5.10. The summed E-state index contributed by atoms with van der Waals surface area (Å²) in [7, 11) is 0. The lowest BCUT2D eigenvalue weighted by Gasteiger charge is -2.29. The molecule has 0 bridgehead atoms. The third kappa shape index (κ3) is 7.54. The monoisotopic (exact) mass is 450 g/mol. The van der Waals surface area contributed by atoms with E-state index in [1.807, 2.05) is 37.3 Å². The average molecular weight is 451 g/mol. The third-order valence-electron chi connectivity index (χ3n) is 4.62. The van der Waals surface area contributed by atoms with Crippen molar-refractivity contribution in [1.29, 1.82) is 0 Å². The molecule has 0 aromatic heterocycles. The van der Waals surface area contributed by atoms with E-state index in [0.717, 1.165) is 17.7 Å². The first-order valence-electron chi connectivity index (χ1n) is 10.1. The van der Waals surface area contributed by atoms with E-state index in [9.17, 15) is 9.59 Å². The van der Waals surface area contributed by atoms with Crippen LogP contribution in [-0.2, 0) is 16.1 Å². The Bertz CT molecular complexity index is 830. The lowest BCUT2D eigenvalue weighted by atomic mass is 10.1. The highest BCUT2D eigenvalue weighted by Crippen LogP contribution is 2.23. The molecule has 0 aliphatic carbocycles. The van der Waals surface area contributed by atoms with Crippen LogP contribution in [0.3, 0.4) is 0 Å². The minimum absolute atomic E-state index is 0.128. The van der Waals surface area contributed by atoms with Gasteiger partial charge in [0.1, 0.15) is 11.8 Å². The second-order valence-electron chi connectivity index (χ2n) is 6.99. The van der Waals surface area contributed by atoms with Crippen LogP contribution in [0.5, 0.6) is 5.75 Å². The quantitative estimate of drug-likeness (QED) is 0.484. The fourth-order valence-corrected chi connectivity index (χ4v) is 3.35. The normalized spacial score (nSPS) is 11.6. The molecule has 0 saturated carbocycles. The molecule has 0 radical (unpaired) electrons. The van der Waals surface area contributed by atoms with E-state index < -0.39 is 6.04 Å². The first kappa shape index (κ1) is 24.0. The van der Waals surface area contributed by atoms with E-state index in [-0.39, 0.29) is 24.8 Å². The minimum Gasteiger partial charge on any atom is -0.494 e. The van der Waals surface area contributed by atoms with Crippen molar-refractivity contribution in [1.82, 2.24) is 10.2 Å². The zero-order valence-corrected chi connectivity index (χ0v) is 18.9. The van der Waals surface area contributed by atoms with Crippen molar-refractivity contribution in [3.63, 3.8) is 0 Å². The molecule has 2 amide bonds. The molecular weight excluding hydrogens is 423 g/mol. The molecule has 0 spiro atoms. The van der Waals surface area contributed by atoms with Gasteiger partial charge in [0.05, 0.1) is 6.61 Å². The number of ether oxygens (including phenoxy) is 1. The Morgan fingerprint density at radius 1 is 1.13 bits per heavy atom. The summed E-state index contributed by atoms with van der Waals surface area (Å²) >= 11 is 12.3. The van der Waals surface area contributed by atoms with Gasteiger partial charge in [-0.15, -0.1) is 0 Å². The first-order chi connectivity index (χ1) is 14.4. The highest BCUT2D eigenvalue weighted by molar-refractivity contribution is 6.35. The van der Waals surface area contributed by atoms with Gasteiger partial charge in [-0.25, -0.2) is 0 Å². The Morgan fingerprint density at radius 3 is 2.53 bits per heavy atom. The van der Waals surface area contributed by atoms with Crippen molar-refractivity contribution >= 4 is 35.0 Å². The molecule has 2 aromatic carbocycles. The third-order valence-corrected chi connectivity index (χ3v) is 5.21. The number of amides is 2. The highest BCUT2D eigenvalue weighted by Gasteiger charge is 2.26. The SMILES string of the molecule is CCCNC(=O)[C@H](C)N(Cc1ccc(Cl)cc1Cl)C(=O)CCCOc1ccccc1. The van der Waals surface area contributed by atoms with E-state index in [2.05, 4.69) is 5.32 Å². The summed E-state index contributed by atoms with van der Waals surface area (Å²) in [6, 6.07) is 14.0. The topological polar surface area (TPSA) is 58.6 Å². The molecule has 30 heavy (non-hydrogen) atoms. The van der Waals surface area contributed by atoms with E-state index in [4.69, 9.17) is 27.9 Å². The summed E-state index contributed by atoms with van der Waals surface area (Å²) in [5.74, 6) is 0.453. The lowest BCUT2D eigenvalue weighted by Crippen LogP contribution is -2.47. The molecule has 0 saturated heterocycles. The highest BCUT2D eigenvalue weighted by atomic mass is 35.5. The number of hydrogen-bond donors (Lipinski definition) is 1. The molecule has 1 N–H and O–H groups in total. The number of rotatable bonds is 11. The van der Waals surface area contributed by atoms with Crippen molar-refractivity contribution in [2.24, 2.45) is 0 Å². The molecule has 5 nitrogen and oxygen atoms in total. The van der Waals surface area contributed by atoms with Crippen LogP contribution in [0.4, 0.5) is 0 Å². The van der Waals surface area contributed by atoms with Gasteiger partial charge in [0.15, 0.2) is 0 Å². The maximum Gasteiger partial charge on any atom is 0.242 e. The van der Waals surface area contributed by atoms with Crippen molar-refractivity contribution in [3.05, 3.63) is 64.1 Å². The summed E-state index contributed by atoms with van der Waals surface area (Å²) < 4.78 is 5.66. The minimum atomic E-state index is -0.620. The molecule has 0 fully saturated rings. The molecule has 1 atom stereocenters. The van der Waals surface area contributed by atoms with Crippen molar-refractivity contribution in [2.75, 3.05) is 13.2 Å². The van der Waals surface area contributed by atoms with Gasteiger partial charge >= 0.3 is 0 Å². The molecule has 0 heterocycles. The zero-order valence-electron chi connectivity index (χ0n) is 17.4. The van der Waals surface area contributed by atoms with Gasteiger partial charge < -0.3 is 15.0 Å². The Balaban J connectivity index is 2.03. The van der Waals surface area contributed by atoms with E-state index >= 15 is 0 Å². The number of nitrogens with one attached hydrogen (secondary N) is 1. The van der Waals surface area contributed by atoms with Gasteiger partial charge in [0, 0.05) is 29.6 Å². The second-order valence-corrected chi connectivity index (χ2v) is 7.83. The fourth-order valence-electron chi connectivity index (χ4n) is 2.89. The number of hydrogen-bond acceptors (Lipinski definition) is 3. The van der Waals surface area contributed by atoms with Crippen LogP contribution in [0.1, 0.15) is 38.7 Å². The van der Waals surface area contributed by atoms with Gasteiger partial charge in [0.2, 0.25) is 11.8 Å². The van der Waals surface area contributed by atoms with Crippen molar-refractivity contribution < 1.29 is 14.3 Å². The first-order valence-corrected chi connectivity index (χ1v) is 10.9. The van der Waals surface area contributed by atoms with Crippen LogP contribution >= 0.6 is 23.2 Å². The van der Waals surface area contributed by atoms with E-state index in [0.29, 0.717) is 29.6 Å². The summed E-state index contributed by atoms with van der Waals surface area (Å²) in [5, 5.41) is 3.84. The molecule has 2 rings (SSSR count). The Morgan fingerprint density at radius 2 is 1.87 bits per heavy atom. The van der Waals surface area contributed by atoms with Gasteiger partial charge in [-0.2, -0.15) is 0 Å². The number of carbonyl (C=O) groups is 2. The maximum absolute atomic E-state index is 13.0. The second kappa shape index (κ2) is 12.5. The van der Waals surface area contributed by atoms with Crippen LogP contribution in [0.2, 0.25) is 10.0 Å². The number of para-hydroxylation sites is 1. The summed E-state index contributed by atoms with van der Waals surface area (Å²) in [4.78, 5) is 27.0. The van der Waals surface area contributed by atoms with Gasteiger partial charge in [-0.1, -0.05) is 54.4 Å². The average Bonchev–Trinajstić information content (AvgIpc) is 2.74. The molecule has 162 valence electrons. The molecule has 2 aromatic rings. The maximum atomic E-state index is 13.0. The fraction of sp³-hybridized carbons (Fsp3) is 0.391. The number of halogens is 2. The van der Waals surface area contributed by atoms with Gasteiger partial charge in [-0.05, 0) is 49.6 Å².